The first-order chi connectivity index (χ1) is 9.06. The predicted octanol–water partition coefficient (Wildman–Crippen LogP) is 1.78. The number of hydrogen-bond acceptors (Lipinski definition) is 4. The Bertz CT molecular complexity index is 580. The van der Waals surface area contributed by atoms with Crippen LogP contribution in [0.3, 0.4) is 0 Å². The van der Waals surface area contributed by atoms with E-state index < -0.39 is 12.1 Å². The lowest BCUT2D eigenvalue weighted by molar-refractivity contribution is -0.314. The van der Waals surface area contributed by atoms with Crippen molar-refractivity contribution in [3.63, 3.8) is 0 Å². The van der Waals surface area contributed by atoms with Gasteiger partial charge in [-0.15, -0.1) is 0 Å². The van der Waals surface area contributed by atoms with Crippen molar-refractivity contribution < 1.29 is 14.6 Å². The highest BCUT2D eigenvalue weighted by molar-refractivity contribution is 5.82. The molecule has 4 heteroatoms. The Morgan fingerprint density at radius 1 is 1.32 bits per heavy atom. The Hall–Kier alpha value is -2.10. The van der Waals surface area contributed by atoms with E-state index in [4.69, 9.17) is 4.74 Å². The number of rotatable bonds is 5. The van der Waals surface area contributed by atoms with Crippen molar-refractivity contribution in [1.82, 2.24) is 4.98 Å². The van der Waals surface area contributed by atoms with Gasteiger partial charge in [-0.25, -0.2) is 0 Å². The first-order valence-electron chi connectivity index (χ1n) is 6.27. The molecule has 4 nitrogen and oxygen atoms in total. The fourth-order valence-electron chi connectivity index (χ4n) is 1.92. The molecule has 2 rings (SSSR count). The SMILES string of the molecule is CC(C)C[C@H](Oc1ccc2ccncc2c1)C(=O)[O-]. The number of aliphatic carboxylic acids is 1. The number of carboxylic acids is 1. The Labute approximate surface area is 112 Å². The van der Waals surface area contributed by atoms with Crippen LogP contribution in [0.25, 0.3) is 10.8 Å². The van der Waals surface area contributed by atoms with Gasteiger partial charge in [-0.2, -0.15) is 0 Å². The van der Waals surface area contributed by atoms with E-state index in [0.29, 0.717) is 12.2 Å². The van der Waals surface area contributed by atoms with E-state index >= 15 is 0 Å². The second-order valence-corrected chi connectivity index (χ2v) is 4.94. The highest BCUT2D eigenvalue weighted by Crippen LogP contribution is 2.22. The van der Waals surface area contributed by atoms with Gasteiger partial charge >= 0.3 is 0 Å². The zero-order valence-corrected chi connectivity index (χ0v) is 11.0. The van der Waals surface area contributed by atoms with Crippen molar-refractivity contribution in [2.24, 2.45) is 5.92 Å². The molecule has 0 radical (unpaired) electrons. The number of hydrogen-bond donors (Lipinski definition) is 0. The first kappa shape index (κ1) is 13.3. The number of fused-ring (bicyclic) bond motifs is 1. The van der Waals surface area contributed by atoms with E-state index in [1.54, 1.807) is 24.5 Å². The number of pyridine rings is 1. The van der Waals surface area contributed by atoms with Gasteiger partial charge in [0, 0.05) is 17.8 Å². The highest BCUT2D eigenvalue weighted by atomic mass is 16.5. The van der Waals surface area contributed by atoms with E-state index in [1.807, 2.05) is 26.0 Å². The van der Waals surface area contributed by atoms with Gasteiger partial charge < -0.3 is 14.6 Å². The summed E-state index contributed by atoms with van der Waals surface area (Å²) in [6.45, 7) is 3.90. The average Bonchev–Trinajstić information content (AvgIpc) is 2.37. The zero-order valence-electron chi connectivity index (χ0n) is 11.0. The predicted molar refractivity (Wildman–Crippen MR) is 70.6 cm³/mol. The summed E-state index contributed by atoms with van der Waals surface area (Å²) in [5.41, 5.74) is 0. The molecular weight excluding hydrogens is 242 g/mol. The standard InChI is InChI=1S/C15H17NO3/c1-10(2)7-14(15(17)18)19-13-4-3-11-5-6-16-9-12(11)8-13/h3-6,8-10,14H,7H2,1-2H3,(H,17,18)/p-1/t14-/m0/s1. The third-order valence-electron chi connectivity index (χ3n) is 2.84. The highest BCUT2D eigenvalue weighted by Gasteiger charge is 2.14. The van der Waals surface area contributed by atoms with Crippen molar-refractivity contribution in [3.05, 3.63) is 36.7 Å². The minimum absolute atomic E-state index is 0.227. The molecule has 1 heterocycles. The van der Waals surface area contributed by atoms with Crippen LogP contribution in [0.5, 0.6) is 5.75 Å². The largest absolute Gasteiger partial charge is 0.546 e. The van der Waals surface area contributed by atoms with Crippen molar-refractivity contribution in [3.8, 4) is 5.75 Å². The van der Waals surface area contributed by atoms with Gasteiger partial charge in [-0.05, 0) is 35.9 Å². The van der Waals surface area contributed by atoms with Crippen LogP contribution in [0.4, 0.5) is 0 Å². The normalized spacial score (nSPS) is 12.6. The molecule has 2 aromatic rings. The molecule has 1 aromatic heterocycles. The number of nitrogens with zero attached hydrogens (tertiary/aromatic N) is 1. The minimum Gasteiger partial charge on any atom is -0.546 e. The van der Waals surface area contributed by atoms with Crippen LogP contribution in [-0.2, 0) is 4.79 Å². The second kappa shape index (κ2) is 5.69. The Balaban J connectivity index is 2.21. The molecule has 0 bridgehead atoms. The molecular formula is C15H16NO3-. The molecule has 0 amide bonds. The summed E-state index contributed by atoms with van der Waals surface area (Å²) in [4.78, 5) is 15.1. The van der Waals surface area contributed by atoms with Gasteiger partial charge in [0.1, 0.15) is 11.9 Å². The van der Waals surface area contributed by atoms with Crippen LogP contribution in [0.1, 0.15) is 20.3 Å². The molecule has 0 aliphatic heterocycles. The lowest BCUT2D eigenvalue weighted by Crippen LogP contribution is -2.40. The summed E-state index contributed by atoms with van der Waals surface area (Å²) in [6.07, 6.45) is 2.94. The number of ether oxygens (including phenoxy) is 1. The van der Waals surface area contributed by atoms with Crippen molar-refractivity contribution in [2.75, 3.05) is 0 Å². The molecule has 0 saturated carbocycles. The van der Waals surface area contributed by atoms with Gasteiger partial charge in [0.15, 0.2) is 0 Å². The Morgan fingerprint density at radius 2 is 2.11 bits per heavy atom. The van der Waals surface area contributed by atoms with Crippen LogP contribution in [0.15, 0.2) is 36.7 Å². The summed E-state index contributed by atoms with van der Waals surface area (Å²) >= 11 is 0. The van der Waals surface area contributed by atoms with Crippen LogP contribution in [0.2, 0.25) is 0 Å². The molecule has 0 spiro atoms. The molecule has 1 atom stereocenters. The van der Waals surface area contributed by atoms with E-state index in [2.05, 4.69) is 4.98 Å². The fraction of sp³-hybridized carbons (Fsp3) is 0.333. The van der Waals surface area contributed by atoms with E-state index in [0.717, 1.165) is 10.8 Å². The van der Waals surface area contributed by atoms with Crippen LogP contribution < -0.4 is 9.84 Å². The van der Waals surface area contributed by atoms with Gasteiger partial charge in [0.25, 0.3) is 0 Å². The van der Waals surface area contributed by atoms with E-state index in [9.17, 15) is 9.90 Å². The topological polar surface area (TPSA) is 62.2 Å². The van der Waals surface area contributed by atoms with Gasteiger partial charge in [-0.1, -0.05) is 19.9 Å². The maximum absolute atomic E-state index is 11.1. The summed E-state index contributed by atoms with van der Waals surface area (Å²) in [6, 6.07) is 7.33. The first-order valence-corrected chi connectivity index (χ1v) is 6.27. The third kappa shape index (κ3) is 3.44. The van der Waals surface area contributed by atoms with Crippen molar-refractivity contribution in [2.45, 2.75) is 26.4 Å². The molecule has 0 saturated heterocycles. The molecule has 1 aromatic carbocycles. The van der Waals surface area contributed by atoms with Crippen LogP contribution in [0, 0.1) is 5.92 Å². The number of carbonyl (C=O) groups excluding carboxylic acids is 1. The quantitative estimate of drug-likeness (QED) is 0.820. The van der Waals surface area contributed by atoms with E-state index in [1.165, 1.54) is 0 Å². The maximum Gasteiger partial charge on any atom is 0.138 e. The molecule has 0 unspecified atom stereocenters. The molecule has 100 valence electrons. The monoisotopic (exact) mass is 258 g/mol. The summed E-state index contributed by atoms with van der Waals surface area (Å²) in [7, 11) is 0. The maximum atomic E-state index is 11.1. The molecule has 0 fully saturated rings. The third-order valence-corrected chi connectivity index (χ3v) is 2.84. The van der Waals surface area contributed by atoms with Crippen LogP contribution in [-0.4, -0.2) is 17.1 Å². The van der Waals surface area contributed by atoms with E-state index in [-0.39, 0.29) is 5.92 Å². The number of benzene rings is 1. The van der Waals surface area contributed by atoms with Crippen molar-refractivity contribution in [1.29, 1.82) is 0 Å². The summed E-state index contributed by atoms with van der Waals surface area (Å²) in [5, 5.41) is 13.0. The smallest absolute Gasteiger partial charge is 0.138 e. The van der Waals surface area contributed by atoms with Gasteiger partial charge in [0.2, 0.25) is 0 Å². The van der Waals surface area contributed by atoms with Gasteiger partial charge in [-0.3, -0.25) is 4.98 Å². The average molecular weight is 258 g/mol. The van der Waals surface area contributed by atoms with Gasteiger partial charge in [0.05, 0.1) is 5.97 Å². The van der Waals surface area contributed by atoms with Crippen LogP contribution >= 0.6 is 0 Å². The molecule has 0 aliphatic carbocycles. The molecule has 0 aliphatic rings. The molecule has 0 N–H and O–H groups in total. The van der Waals surface area contributed by atoms with Crippen molar-refractivity contribution >= 4 is 16.7 Å². The second-order valence-electron chi connectivity index (χ2n) is 4.94. The summed E-state index contributed by atoms with van der Waals surface area (Å²) in [5.74, 6) is -0.430. The summed E-state index contributed by atoms with van der Waals surface area (Å²) < 4.78 is 5.51. The zero-order chi connectivity index (χ0) is 13.8. The lowest BCUT2D eigenvalue weighted by atomic mass is 10.1. The Morgan fingerprint density at radius 3 is 2.79 bits per heavy atom. The fourth-order valence-corrected chi connectivity index (χ4v) is 1.92. The number of aromatic nitrogens is 1. The molecule has 19 heavy (non-hydrogen) atoms. The number of carbonyl (C=O) groups is 1. The number of carboxylic acid groups (broad SMARTS) is 1. The Kier molecular flexibility index (Phi) is 4.00. The lowest BCUT2D eigenvalue weighted by Gasteiger charge is -2.21. The minimum atomic E-state index is -1.18.